The Kier molecular flexibility index (Phi) is 5.44. The number of hydrogen-bond donors (Lipinski definition) is 2. The second-order valence-corrected chi connectivity index (χ2v) is 5.40. The van der Waals surface area contributed by atoms with Crippen molar-refractivity contribution in [3.8, 4) is 0 Å². The highest BCUT2D eigenvalue weighted by molar-refractivity contribution is 5.92. The van der Waals surface area contributed by atoms with Gasteiger partial charge in [-0.25, -0.2) is 4.79 Å². The average molecular weight is 291 g/mol. The zero-order valence-electron chi connectivity index (χ0n) is 12.9. The molecule has 0 saturated carbocycles. The number of ether oxygens (including phenoxy) is 1. The minimum Gasteiger partial charge on any atom is -0.462 e. The van der Waals surface area contributed by atoms with Gasteiger partial charge in [0, 0.05) is 12.6 Å². The SMILES string of the molecule is CCOC(=O)c1ccc(N)c(NC2CCCN(CC)C2)c1. The first kappa shape index (κ1) is 15.6. The molecule has 1 unspecified atom stereocenters. The van der Waals surface area contributed by atoms with E-state index < -0.39 is 0 Å². The first-order valence-electron chi connectivity index (χ1n) is 7.69. The third-order valence-electron chi connectivity index (χ3n) is 3.88. The molecule has 2 rings (SSSR count). The number of nitrogens with two attached hydrogens (primary N) is 1. The smallest absolute Gasteiger partial charge is 0.338 e. The molecular weight excluding hydrogens is 266 g/mol. The molecule has 116 valence electrons. The van der Waals surface area contributed by atoms with Crippen LogP contribution in [0.2, 0.25) is 0 Å². The van der Waals surface area contributed by atoms with Crippen LogP contribution in [0.3, 0.4) is 0 Å². The molecule has 5 nitrogen and oxygen atoms in total. The van der Waals surface area contributed by atoms with Gasteiger partial charge in [-0.05, 0) is 51.1 Å². The molecule has 1 heterocycles. The predicted octanol–water partition coefficient (Wildman–Crippen LogP) is 2.34. The number of nitrogens with one attached hydrogen (secondary N) is 1. The van der Waals surface area contributed by atoms with Gasteiger partial charge in [0.25, 0.3) is 0 Å². The Morgan fingerprint density at radius 3 is 3.00 bits per heavy atom. The first-order chi connectivity index (χ1) is 10.1. The summed E-state index contributed by atoms with van der Waals surface area (Å²) in [5, 5.41) is 3.48. The van der Waals surface area contributed by atoms with Crippen LogP contribution >= 0.6 is 0 Å². The lowest BCUT2D eigenvalue weighted by atomic mass is 10.0. The number of hydrogen-bond acceptors (Lipinski definition) is 5. The van der Waals surface area contributed by atoms with Crippen molar-refractivity contribution in [2.45, 2.75) is 32.7 Å². The second-order valence-electron chi connectivity index (χ2n) is 5.40. The number of carbonyl (C=O) groups is 1. The minimum atomic E-state index is -0.306. The number of benzene rings is 1. The summed E-state index contributed by atoms with van der Waals surface area (Å²) in [6.07, 6.45) is 2.31. The summed E-state index contributed by atoms with van der Waals surface area (Å²) in [5.74, 6) is -0.306. The zero-order valence-corrected chi connectivity index (χ0v) is 12.9. The molecule has 21 heavy (non-hydrogen) atoms. The van der Waals surface area contributed by atoms with Crippen molar-refractivity contribution in [1.82, 2.24) is 4.90 Å². The molecule has 1 saturated heterocycles. The van der Waals surface area contributed by atoms with Crippen molar-refractivity contribution in [3.63, 3.8) is 0 Å². The van der Waals surface area contributed by atoms with E-state index >= 15 is 0 Å². The Morgan fingerprint density at radius 1 is 1.48 bits per heavy atom. The van der Waals surface area contributed by atoms with Gasteiger partial charge < -0.3 is 20.7 Å². The maximum absolute atomic E-state index is 11.8. The van der Waals surface area contributed by atoms with Gasteiger partial charge in [0.15, 0.2) is 0 Å². The van der Waals surface area contributed by atoms with Crippen LogP contribution in [-0.2, 0) is 4.74 Å². The van der Waals surface area contributed by atoms with Crippen molar-refractivity contribution in [3.05, 3.63) is 23.8 Å². The van der Waals surface area contributed by atoms with E-state index in [0.717, 1.165) is 31.7 Å². The van der Waals surface area contributed by atoms with Gasteiger partial charge in [-0.1, -0.05) is 6.92 Å². The quantitative estimate of drug-likeness (QED) is 0.644. The molecule has 0 amide bonds. The standard InChI is InChI=1S/C16H25N3O2/c1-3-19-9-5-6-13(11-19)18-15-10-12(7-8-14(15)17)16(20)21-4-2/h7-8,10,13,18H,3-6,9,11,17H2,1-2H3. The molecule has 0 aliphatic carbocycles. The summed E-state index contributed by atoms with van der Waals surface area (Å²) in [4.78, 5) is 14.2. The zero-order chi connectivity index (χ0) is 15.2. The summed E-state index contributed by atoms with van der Waals surface area (Å²) < 4.78 is 5.03. The summed E-state index contributed by atoms with van der Waals surface area (Å²) >= 11 is 0. The fourth-order valence-electron chi connectivity index (χ4n) is 2.70. The third-order valence-corrected chi connectivity index (χ3v) is 3.88. The lowest BCUT2D eigenvalue weighted by Gasteiger charge is -2.33. The Morgan fingerprint density at radius 2 is 2.29 bits per heavy atom. The van der Waals surface area contributed by atoms with Gasteiger partial charge in [-0.15, -0.1) is 0 Å². The molecule has 1 aliphatic rings. The molecule has 1 aromatic rings. The fourth-order valence-corrected chi connectivity index (χ4v) is 2.70. The van der Waals surface area contributed by atoms with Gasteiger partial charge in [0.1, 0.15) is 0 Å². The molecule has 0 bridgehead atoms. The maximum Gasteiger partial charge on any atom is 0.338 e. The van der Waals surface area contributed by atoms with Crippen molar-refractivity contribution < 1.29 is 9.53 Å². The number of nitrogen functional groups attached to an aromatic ring is 1. The van der Waals surface area contributed by atoms with E-state index in [0.29, 0.717) is 23.9 Å². The lowest BCUT2D eigenvalue weighted by Crippen LogP contribution is -2.41. The van der Waals surface area contributed by atoms with E-state index in [4.69, 9.17) is 10.5 Å². The van der Waals surface area contributed by atoms with E-state index in [1.807, 2.05) is 0 Å². The van der Waals surface area contributed by atoms with Gasteiger partial charge in [0.2, 0.25) is 0 Å². The number of carbonyl (C=O) groups excluding carboxylic acids is 1. The predicted molar refractivity (Wildman–Crippen MR) is 85.6 cm³/mol. The van der Waals surface area contributed by atoms with E-state index in [1.165, 1.54) is 6.42 Å². The van der Waals surface area contributed by atoms with Crippen LogP contribution in [0.5, 0.6) is 0 Å². The molecule has 1 fully saturated rings. The van der Waals surface area contributed by atoms with Crippen LogP contribution in [0.15, 0.2) is 18.2 Å². The second kappa shape index (κ2) is 7.31. The monoisotopic (exact) mass is 291 g/mol. The number of rotatable bonds is 5. The van der Waals surface area contributed by atoms with Crippen molar-refractivity contribution in [1.29, 1.82) is 0 Å². The molecule has 1 aliphatic heterocycles. The summed E-state index contributed by atoms with van der Waals surface area (Å²) in [7, 11) is 0. The number of piperidine rings is 1. The minimum absolute atomic E-state index is 0.306. The highest BCUT2D eigenvalue weighted by Crippen LogP contribution is 2.23. The normalized spacial score (nSPS) is 19.2. The topological polar surface area (TPSA) is 67.6 Å². The van der Waals surface area contributed by atoms with Crippen LogP contribution in [0.1, 0.15) is 37.0 Å². The molecule has 0 radical (unpaired) electrons. The van der Waals surface area contributed by atoms with E-state index in [9.17, 15) is 4.79 Å². The first-order valence-corrected chi connectivity index (χ1v) is 7.69. The van der Waals surface area contributed by atoms with Crippen LogP contribution in [0.25, 0.3) is 0 Å². The van der Waals surface area contributed by atoms with Gasteiger partial charge >= 0.3 is 5.97 Å². The van der Waals surface area contributed by atoms with E-state index in [-0.39, 0.29) is 5.97 Å². The Balaban J connectivity index is 2.08. The van der Waals surface area contributed by atoms with Gasteiger partial charge in [-0.2, -0.15) is 0 Å². The third kappa shape index (κ3) is 4.11. The van der Waals surface area contributed by atoms with Crippen LogP contribution in [0, 0.1) is 0 Å². The van der Waals surface area contributed by atoms with Gasteiger partial charge in [0.05, 0.1) is 23.5 Å². The Hall–Kier alpha value is -1.75. The number of anilines is 2. The number of likely N-dealkylation sites (N-methyl/N-ethyl adjacent to an activating group) is 1. The largest absolute Gasteiger partial charge is 0.462 e. The average Bonchev–Trinajstić information content (AvgIpc) is 2.50. The molecule has 0 aromatic heterocycles. The maximum atomic E-state index is 11.8. The molecule has 5 heteroatoms. The molecular formula is C16H25N3O2. The highest BCUT2D eigenvalue weighted by Gasteiger charge is 2.19. The lowest BCUT2D eigenvalue weighted by molar-refractivity contribution is 0.0526. The van der Waals surface area contributed by atoms with Gasteiger partial charge in [-0.3, -0.25) is 0 Å². The number of nitrogens with zero attached hydrogens (tertiary/aromatic N) is 1. The number of likely N-dealkylation sites (tertiary alicyclic amines) is 1. The summed E-state index contributed by atoms with van der Waals surface area (Å²) in [6, 6.07) is 5.63. The van der Waals surface area contributed by atoms with Crippen molar-refractivity contribution >= 4 is 17.3 Å². The number of esters is 1. The van der Waals surface area contributed by atoms with Crippen molar-refractivity contribution in [2.75, 3.05) is 37.3 Å². The summed E-state index contributed by atoms with van der Waals surface area (Å²) in [6.45, 7) is 7.59. The van der Waals surface area contributed by atoms with E-state index in [2.05, 4.69) is 17.1 Å². The molecule has 1 atom stereocenters. The summed E-state index contributed by atoms with van der Waals surface area (Å²) in [5.41, 5.74) is 8.04. The molecule has 0 spiro atoms. The highest BCUT2D eigenvalue weighted by atomic mass is 16.5. The molecule has 1 aromatic carbocycles. The van der Waals surface area contributed by atoms with Crippen LogP contribution in [0.4, 0.5) is 11.4 Å². The van der Waals surface area contributed by atoms with Crippen LogP contribution < -0.4 is 11.1 Å². The fraction of sp³-hybridized carbons (Fsp3) is 0.562. The Labute approximate surface area is 126 Å². The van der Waals surface area contributed by atoms with Crippen molar-refractivity contribution in [2.24, 2.45) is 0 Å². The Bertz CT molecular complexity index is 490. The van der Waals surface area contributed by atoms with Crippen LogP contribution in [-0.4, -0.2) is 43.2 Å². The molecule has 3 N–H and O–H groups in total. The van der Waals surface area contributed by atoms with E-state index in [1.54, 1.807) is 25.1 Å².